The maximum absolute atomic E-state index is 12.4. The molecule has 1 heterocycles. The monoisotopic (exact) mass is 337 g/mol. The predicted molar refractivity (Wildman–Crippen MR) is 97.8 cm³/mol. The molecule has 0 saturated carbocycles. The Morgan fingerprint density at radius 3 is 2.36 bits per heavy atom. The summed E-state index contributed by atoms with van der Waals surface area (Å²) < 4.78 is 0. The summed E-state index contributed by atoms with van der Waals surface area (Å²) in [6, 6.07) is 15.6. The Balaban J connectivity index is 1.55. The number of nitrogens with one attached hydrogen (secondary N) is 2. The van der Waals surface area contributed by atoms with Gasteiger partial charge < -0.3 is 15.5 Å². The van der Waals surface area contributed by atoms with E-state index < -0.39 is 0 Å². The van der Waals surface area contributed by atoms with Crippen molar-refractivity contribution in [3.8, 4) is 0 Å². The van der Waals surface area contributed by atoms with Crippen LogP contribution in [0.4, 0.5) is 10.5 Å². The molecule has 5 nitrogen and oxygen atoms in total. The summed E-state index contributed by atoms with van der Waals surface area (Å²) >= 11 is 0. The fraction of sp³-hybridized carbons (Fsp3) is 0.300. The molecule has 0 bridgehead atoms. The molecule has 0 aromatic heterocycles. The van der Waals surface area contributed by atoms with E-state index >= 15 is 0 Å². The van der Waals surface area contributed by atoms with Gasteiger partial charge in [-0.25, -0.2) is 4.79 Å². The fourth-order valence-electron chi connectivity index (χ4n) is 2.81. The van der Waals surface area contributed by atoms with Gasteiger partial charge in [-0.1, -0.05) is 50.2 Å². The molecule has 0 aliphatic carbocycles. The molecule has 25 heavy (non-hydrogen) atoms. The third kappa shape index (κ3) is 4.18. The van der Waals surface area contributed by atoms with Crippen LogP contribution in [0.1, 0.15) is 30.5 Å². The summed E-state index contributed by atoms with van der Waals surface area (Å²) in [6.45, 7) is 5.43. The molecule has 1 aliphatic heterocycles. The van der Waals surface area contributed by atoms with E-state index in [0.717, 1.165) is 11.3 Å². The van der Waals surface area contributed by atoms with E-state index in [4.69, 9.17) is 0 Å². The highest BCUT2D eigenvalue weighted by Crippen LogP contribution is 2.22. The maximum Gasteiger partial charge on any atom is 0.318 e. The van der Waals surface area contributed by atoms with Crippen LogP contribution in [-0.2, 0) is 24.4 Å². The van der Waals surface area contributed by atoms with Gasteiger partial charge in [0.05, 0.1) is 0 Å². The Hall–Kier alpha value is -2.82. The molecule has 0 unspecified atom stereocenters. The number of hydrogen-bond donors (Lipinski definition) is 2. The molecule has 130 valence electrons. The Morgan fingerprint density at radius 2 is 1.72 bits per heavy atom. The van der Waals surface area contributed by atoms with E-state index in [-0.39, 0.29) is 17.9 Å². The minimum Gasteiger partial charge on any atom is -0.334 e. The number of carbonyl (C=O) groups excluding carboxylic acids is 2. The molecule has 1 aliphatic rings. The summed E-state index contributed by atoms with van der Waals surface area (Å²) in [5.41, 5.74) is 4.11. The zero-order valence-electron chi connectivity index (χ0n) is 14.6. The first kappa shape index (κ1) is 17.0. The average Bonchev–Trinajstić information content (AvgIpc) is 3.04. The van der Waals surface area contributed by atoms with Gasteiger partial charge in [0, 0.05) is 31.2 Å². The van der Waals surface area contributed by atoms with E-state index in [2.05, 4.69) is 22.8 Å². The minimum atomic E-state index is -0.0761. The first-order valence-corrected chi connectivity index (χ1v) is 8.52. The highest BCUT2D eigenvalue weighted by molar-refractivity contribution is 5.92. The van der Waals surface area contributed by atoms with Gasteiger partial charge in [-0.15, -0.1) is 0 Å². The Bertz CT molecular complexity index is 761. The minimum absolute atomic E-state index is 0.0176. The van der Waals surface area contributed by atoms with Crippen molar-refractivity contribution < 1.29 is 9.59 Å². The first-order chi connectivity index (χ1) is 12.0. The molecular weight excluding hydrogens is 314 g/mol. The van der Waals surface area contributed by atoms with E-state index in [1.54, 1.807) is 4.90 Å². The van der Waals surface area contributed by atoms with Crippen molar-refractivity contribution in [3.63, 3.8) is 0 Å². The van der Waals surface area contributed by atoms with Crippen LogP contribution in [0.15, 0.2) is 48.5 Å². The number of carbonyl (C=O) groups is 2. The predicted octanol–water partition coefficient (Wildman–Crippen LogP) is 3.51. The SMILES string of the molecule is CC(C)C(=O)Nc1cccc(CNC(=O)N2Cc3ccccc3C2)c1. The van der Waals surface area contributed by atoms with Crippen molar-refractivity contribution in [2.24, 2.45) is 5.92 Å². The molecule has 2 N–H and O–H groups in total. The number of anilines is 1. The zero-order chi connectivity index (χ0) is 17.8. The molecule has 0 radical (unpaired) electrons. The van der Waals surface area contributed by atoms with Crippen LogP contribution in [0.5, 0.6) is 0 Å². The van der Waals surface area contributed by atoms with Crippen molar-refractivity contribution in [1.82, 2.24) is 10.2 Å². The Labute approximate surface area is 148 Å². The van der Waals surface area contributed by atoms with E-state index in [9.17, 15) is 9.59 Å². The molecule has 5 heteroatoms. The number of fused-ring (bicyclic) bond motifs is 1. The summed E-state index contributed by atoms with van der Waals surface area (Å²) in [4.78, 5) is 26.0. The maximum atomic E-state index is 12.4. The number of rotatable bonds is 4. The van der Waals surface area contributed by atoms with Crippen molar-refractivity contribution in [3.05, 3.63) is 65.2 Å². The second-order valence-corrected chi connectivity index (χ2v) is 6.63. The number of nitrogens with zero attached hydrogens (tertiary/aromatic N) is 1. The standard InChI is InChI=1S/C20H23N3O2/c1-14(2)19(24)22-18-9-5-6-15(10-18)11-21-20(25)23-12-16-7-3-4-8-17(16)13-23/h3-10,14H,11-13H2,1-2H3,(H,21,25)(H,22,24). The number of amides is 3. The lowest BCUT2D eigenvalue weighted by molar-refractivity contribution is -0.118. The highest BCUT2D eigenvalue weighted by atomic mass is 16.2. The molecule has 0 saturated heterocycles. The van der Waals surface area contributed by atoms with Crippen molar-refractivity contribution in [2.75, 3.05) is 5.32 Å². The summed E-state index contributed by atoms with van der Waals surface area (Å²) in [7, 11) is 0. The van der Waals surface area contributed by atoms with Crippen LogP contribution in [0.3, 0.4) is 0 Å². The van der Waals surface area contributed by atoms with Gasteiger partial charge in [0.2, 0.25) is 5.91 Å². The second kappa shape index (κ2) is 7.38. The number of hydrogen-bond acceptors (Lipinski definition) is 2. The largest absolute Gasteiger partial charge is 0.334 e. The molecule has 0 spiro atoms. The van der Waals surface area contributed by atoms with Crippen LogP contribution in [0.25, 0.3) is 0 Å². The van der Waals surface area contributed by atoms with Crippen LogP contribution >= 0.6 is 0 Å². The lowest BCUT2D eigenvalue weighted by Crippen LogP contribution is -2.36. The van der Waals surface area contributed by atoms with Gasteiger partial charge in [0.1, 0.15) is 0 Å². The van der Waals surface area contributed by atoms with Gasteiger partial charge in [-0.05, 0) is 28.8 Å². The number of benzene rings is 2. The van der Waals surface area contributed by atoms with Crippen molar-refractivity contribution in [1.29, 1.82) is 0 Å². The van der Waals surface area contributed by atoms with Crippen molar-refractivity contribution in [2.45, 2.75) is 33.5 Å². The summed E-state index contributed by atoms with van der Waals surface area (Å²) in [6.07, 6.45) is 0. The highest BCUT2D eigenvalue weighted by Gasteiger charge is 2.22. The second-order valence-electron chi connectivity index (χ2n) is 6.63. The lowest BCUT2D eigenvalue weighted by Gasteiger charge is -2.17. The van der Waals surface area contributed by atoms with Gasteiger partial charge in [0.25, 0.3) is 0 Å². The molecule has 2 aromatic rings. The van der Waals surface area contributed by atoms with E-state index in [1.807, 2.05) is 50.2 Å². The molecule has 3 amide bonds. The van der Waals surface area contributed by atoms with Gasteiger partial charge >= 0.3 is 6.03 Å². The zero-order valence-corrected chi connectivity index (χ0v) is 14.6. The third-order valence-corrected chi connectivity index (χ3v) is 4.29. The van der Waals surface area contributed by atoms with E-state index in [1.165, 1.54) is 11.1 Å². The van der Waals surface area contributed by atoms with Gasteiger partial charge in [-0.2, -0.15) is 0 Å². The average molecular weight is 337 g/mol. The molecule has 0 atom stereocenters. The van der Waals surface area contributed by atoms with Crippen LogP contribution in [0, 0.1) is 5.92 Å². The number of urea groups is 1. The quantitative estimate of drug-likeness (QED) is 0.897. The smallest absolute Gasteiger partial charge is 0.318 e. The van der Waals surface area contributed by atoms with Gasteiger partial charge in [0.15, 0.2) is 0 Å². The van der Waals surface area contributed by atoms with Crippen LogP contribution in [0.2, 0.25) is 0 Å². The Morgan fingerprint density at radius 1 is 1.04 bits per heavy atom. The Kier molecular flexibility index (Phi) is 5.03. The summed E-state index contributed by atoms with van der Waals surface area (Å²) in [5, 5.41) is 5.83. The third-order valence-electron chi connectivity index (χ3n) is 4.29. The van der Waals surface area contributed by atoms with Crippen LogP contribution in [-0.4, -0.2) is 16.8 Å². The fourth-order valence-corrected chi connectivity index (χ4v) is 2.81. The molecule has 3 rings (SSSR count). The van der Waals surface area contributed by atoms with E-state index in [0.29, 0.717) is 19.6 Å². The molecule has 0 fully saturated rings. The normalized spacial score (nSPS) is 12.8. The molecule has 2 aromatic carbocycles. The molecular formula is C20H23N3O2. The van der Waals surface area contributed by atoms with Crippen LogP contribution < -0.4 is 10.6 Å². The summed E-state index contributed by atoms with van der Waals surface area (Å²) in [5.74, 6) is -0.0869. The van der Waals surface area contributed by atoms with Crippen molar-refractivity contribution >= 4 is 17.6 Å². The topological polar surface area (TPSA) is 61.4 Å². The first-order valence-electron chi connectivity index (χ1n) is 8.52. The lowest BCUT2D eigenvalue weighted by atomic mass is 10.1. The van der Waals surface area contributed by atoms with Gasteiger partial charge in [-0.3, -0.25) is 4.79 Å².